The van der Waals surface area contributed by atoms with Gasteiger partial charge in [-0.1, -0.05) is 18.2 Å². The molecule has 0 radical (unpaired) electrons. The molecule has 0 fully saturated rings. The van der Waals surface area contributed by atoms with Gasteiger partial charge in [0.15, 0.2) is 0 Å². The van der Waals surface area contributed by atoms with E-state index in [4.69, 9.17) is 10.8 Å². The highest BCUT2D eigenvalue weighted by atomic mass is 16.4. The van der Waals surface area contributed by atoms with Crippen LogP contribution in [0.3, 0.4) is 0 Å². The summed E-state index contributed by atoms with van der Waals surface area (Å²) < 4.78 is 0. The van der Waals surface area contributed by atoms with E-state index in [0.717, 1.165) is 22.0 Å². The number of carboxylic acids is 1. The summed E-state index contributed by atoms with van der Waals surface area (Å²) in [5.41, 5.74) is 8.67. The van der Waals surface area contributed by atoms with Gasteiger partial charge >= 0.3 is 5.97 Å². The average Bonchev–Trinajstić information content (AvgIpc) is 2.63. The number of rotatable bonds is 3. The number of fused-ring (bicyclic) bond motifs is 1. The second-order valence-corrected chi connectivity index (χ2v) is 3.96. The Kier molecular flexibility index (Phi) is 2.66. The largest absolute Gasteiger partial charge is 0.480 e. The van der Waals surface area contributed by atoms with E-state index in [1.54, 1.807) is 0 Å². The molecule has 0 aliphatic heterocycles. The Labute approximate surface area is 93.1 Å². The molecule has 0 unspecified atom stereocenters. The summed E-state index contributed by atoms with van der Waals surface area (Å²) in [6.07, 6.45) is 2.18. The number of nitrogens with one attached hydrogen (secondary N) is 1. The summed E-state index contributed by atoms with van der Waals surface area (Å²) in [6, 6.07) is 5.10. The number of para-hydroxylation sites is 1. The van der Waals surface area contributed by atoms with Crippen LogP contribution in [0.4, 0.5) is 0 Å². The fourth-order valence-corrected chi connectivity index (χ4v) is 1.86. The lowest BCUT2D eigenvalue weighted by molar-refractivity contribution is -0.138. The average molecular weight is 218 g/mol. The molecule has 0 saturated carbocycles. The van der Waals surface area contributed by atoms with E-state index in [0.29, 0.717) is 6.42 Å². The number of nitrogens with two attached hydrogens (primary N) is 1. The van der Waals surface area contributed by atoms with Crippen LogP contribution in [0.5, 0.6) is 0 Å². The van der Waals surface area contributed by atoms with E-state index in [-0.39, 0.29) is 0 Å². The third kappa shape index (κ3) is 1.79. The van der Waals surface area contributed by atoms with E-state index >= 15 is 0 Å². The Morgan fingerprint density at radius 3 is 3.00 bits per heavy atom. The monoisotopic (exact) mass is 218 g/mol. The quantitative estimate of drug-likeness (QED) is 0.729. The van der Waals surface area contributed by atoms with Crippen LogP contribution in [-0.4, -0.2) is 22.1 Å². The standard InChI is InChI=1S/C12H14N2O2/c1-7-3-2-4-9-8(6-14-11(7)9)5-10(13)12(15)16/h2-4,6,10,14H,5,13H2,1H3,(H,15,16)/t10-/m0/s1. The highest BCUT2D eigenvalue weighted by Crippen LogP contribution is 2.21. The van der Waals surface area contributed by atoms with Gasteiger partial charge in [-0.05, 0) is 18.1 Å². The molecule has 0 saturated heterocycles. The van der Waals surface area contributed by atoms with Crippen molar-refractivity contribution in [1.82, 2.24) is 4.98 Å². The molecule has 1 heterocycles. The fraction of sp³-hybridized carbons (Fsp3) is 0.250. The zero-order valence-corrected chi connectivity index (χ0v) is 9.03. The first kappa shape index (κ1) is 10.7. The van der Waals surface area contributed by atoms with Crippen LogP contribution in [-0.2, 0) is 11.2 Å². The minimum atomic E-state index is -0.970. The molecule has 1 aromatic heterocycles. The number of carbonyl (C=O) groups is 1. The molecule has 0 amide bonds. The first-order chi connectivity index (χ1) is 7.59. The third-order valence-electron chi connectivity index (χ3n) is 2.77. The number of hydrogen-bond acceptors (Lipinski definition) is 2. The van der Waals surface area contributed by atoms with Crippen molar-refractivity contribution in [3.8, 4) is 0 Å². The molecular weight excluding hydrogens is 204 g/mol. The Morgan fingerprint density at radius 1 is 1.56 bits per heavy atom. The van der Waals surface area contributed by atoms with Gasteiger partial charge in [0.25, 0.3) is 0 Å². The molecule has 0 bridgehead atoms. The molecule has 2 rings (SSSR count). The van der Waals surface area contributed by atoms with Crippen molar-refractivity contribution < 1.29 is 9.90 Å². The number of aromatic amines is 1. The van der Waals surface area contributed by atoms with Gasteiger partial charge in [0, 0.05) is 23.5 Å². The molecule has 4 N–H and O–H groups in total. The molecule has 84 valence electrons. The zero-order chi connectivity index (χ0) is 11.7. The maximum atomic E-state index is 10.7. The molecule has 1 aromatic carbocycles. The van der Waals surface area contributed by atoms with Crippen molar-refractivity contribution in [2.24, 2.45) is 5.73 Å². The summed E-state index contributed by atoms with van der Waals surface area (Å²) in [5, 5.41) is 9.82. The molecule has 4 heteroatoms. The summed E-state index contributed by atoms with van der Waals surface area (Å²) in [7, 11) is 0. The maximum absolute atomic E-state index is 10.7. The first-order valence-corrected chi connectivity index (χ1v) is 5.13. The molecule has 0 spiro atoms. The minimum Gasteiger partial charge on any atom is -0.480 e. The smallest absolute Gasteiger partial charge is 0.320 e. The van der Waals surface area contributed by atoms with Crippen LogP contribution < -0.4 is 5.73 Å². The van der Waals surface area contributed by atoms with Gasteiger partial charge in [0.1, 0.15) is 6.04 Å². The van der Waals surface area contributed by atoms with Crippen LogP contribution in [0.15, 0.2) is 24.4 Å². The fourth-order valence-electron chi connectivity index (χ4n) is 1.86. The van der Waals surface area contributed by atoms with Gasteiger partial charge in [-0.3, -0.25) is 4.79 Å². The van der Waals surface area contributed by atoms with Crippen LogP contribution in [0.1, 0.15) is 11.1 Å². The Balaban J connectivity index is 2.39. The molecule has 16 heavy (non-hydrogen) atoms. The highest BCUT2D eigenvalue weighted by Gasteiger charge is 2.14. The van der Waals surface area contributed by atoms with Crippen LogP contribution in [0.2, 0.25) is 0 Å². The number of carboxylic acid groups (broad SMARTS) is 1. The molecule has 4 nitrogen and oxygen atoms in total. The molecule has 0 aliphatic rings. The molecular formula is C12H14N2O2. The van der Waals surface area contributed by atoms with Gasteiger partial charge in [-0.15, -0.1) is 0 Å². The Hall–Kier alpha value is -1.81. The second kappa shape index (κ2) is 3.98. The minimum absolute atomic E-state index is 0.346. The van der Waals surface area contributed by atoms with Crippen molar-refractivity contribution in [2.75, 3.05) is 0 Å². The number of hydrogen-bond donors (Lipinski definition) is 3. The molecule has 2 aromatic rings. The predicted octanol–water partition coefficient (Wildman–Crippen LogP) is 1.43. The van der Waals surface area contributed by atoms with E-state index in [9.17, 15) is 4.79 Å². The molecule has 0 aliphatic carbocycles. The van der Waals surface area contributed by atoms with Crippen LogP contribution >= 0.6 is 0 Å². The topological polar surface area (TPSA) is 79.1 Å². The molecule has 1 atom stereocenters. The summed E-state index contributed by atoms with van der Waals surface area (Å²) >= 11 is 0. The van der Waals surface area contributed by atoms with E-state index < -0.39 is 12.0 Å². The van der Waals surface area contributed by atoms with Crippen molar-refractivity contribution in [3.05, 3.63) is 35.5 Å². The lowest BCUT2D eigenvalue weighted by atomic mass is 10.0. The summed E-state index contributed by atoms with van der Waals surface area (Å²) in [5.74, 6) is -0.970. The normalized spacial score (nSPS) is 12.9. The van der Waals surface area contributed by atoms with E-state index in [2.05, 4.69) is 4.98 Å². The summed E-state index contributed by atoms with van der Waals surface area (Å²) in [6.45, 7) is 2.01. The van der Waals surface area contributed by atoms with Gasteiger partial charge in [-0.2, -0.15) is 0 Å². The highest BCUT2D eigenvalue weighted by molar-refractivity contribution is 5.86. The lowest BCUT2D eigenvalue weighted by Gasteiger charge is -2.04. The van der Waals surface area contributed by atoms with Crippen LogP contribution in [0.25, 0.3) is 10.9 Å². The summed E-state index contributed by atoms with van der Waals surface area (Å²) in [4.78, 5) is 13.8. The van der Waals surface area contributed by atoms with Crippen molar-refractivity contribution in [2.45, 2.75) is 19.4 Å². The SMILES string of the molecule is Cc1cccc2c(C[C@H](N)C(=O)O)c[nH]c12. The van der Waals surface area contributed by atoms with Gasteiger partial charge in [0.05, 0.1) is 0 Å². The van der Waals surface area contributed by atoms with Crippen LogP contribution in [0, 0.1) is 6.92 Å². The number of H-pyrrole nitrogens is 1. The van der Waals surface area contributed by atoms with Crippen molar-refractivity contribution in [1.29, 1.82) is 0 Å². The maximum Gasteiger partial charge on any atom is 0.320 e. The number of aliphatic carboxylic acids is 1. The number of aryl methyl sites for hydroxylation is 1. The predicted molar refractivity (Wildman–Crippen MR) is 62.4 cm³/mol. The zero-order valence-electron chi connectivity index (χ0n) is 9.03. The van der Waals surface area contributed by atoms with Gasteiger partial charge < -0.3 is 15.8 Å². The van der Waals surface area contributed by atoms with Crippen molar-refractivity contribution in [3.63, 3.8) is 0 Å². The second-order valence-electron chi connectivity index (χ2n) is 3.96. The van der Waals surface area contributed by atoms with Crippen molar-refractivity contribution >= 4 is 16.9 Å². The van der Waals surface area contributed by atoms with Gasteiger partial charge in [-0.25, -0.2) is 0 Å². The number of benzene rings is 1. The first-order valence-electron chi connectivity index (χ1n) is 5.13. The Bertz CT molecular complexity index is 531. The lowest BCUT2D eigenvalue weighted by Crippen LogP contribution is -2.32. The third-order valence-corrected chi connectivity index (χ3v) is 2.77. The van der Waals surface area contributed by atoms with E-state index in [1.807, 2.05) is 31.3 Å². The Morgan fingerprint density at radius 2 is 2.31 bits per heavy atom. The van der Waals surface area contributed by atoms with E-state index in [1.165, 1.54) is 0 Å². The van der Waals surface area contributed by atoms with Gasteiger partial charge in [0.2, 0.25) is 0 Å². The number of aromatic nitrogens is 1.